The van der Waals surface area contributed by atoms with Crippen molar-refractivity contribution in [1.29, 1.82) is 0 Å². The molecule has 0 saturated carbocycles. The number of likely N-dealkylation sites (tertiary alicyclic amines) is 2. The number of carbonyl (C=O) groups is 2. The summed E-state index contributed by atoms with van der Waals surface area (Å²) in [5.74, 6) is 0.729. The number of rotatable bonds is 8. The Morgan fingerprint density at radius 3 is 2.29 bits per heavy atom. The molecule has 0 aliphatic carbocycles. The van der Waals surface area contributed by atoms with Gasteiger partial charge in [0.05, 0.1) is 18.8 Å². The van der Waals surface area contributed by atoms with Crippen LogP contribution in [0.3, 0.4) is 0 Å². The molecule has 0 bridgehead atoms. The number of para-hydroxylation sites is 2. The highest BCUT2D eigenvalue weighted by atomic mass is 16.5. The molecule has 2 fully saturated rings. The van der Waals surface area contributed by atoms with E-state index in [9.17, 15) is 9.59 Å². The van der Waals surface area contributed by atoms with E-state index in [1.807, 2.05) is 37.3 Å². The Balaban J connectivity index is 1.18. The number of nitrogens with zero attached hydrogens (tertiary/aromatic N) is 2. The van der Waals surface area contributed by atoms with E-state index in [1.54, 1.807) is 7.11 Å². The van der Waals surface area contributed by atoms with Gasteiger partial charge in [-0.15, -0.1) is 0 Å². The number of carbonyl (C=O) groups excluding carboxylic acids is 2. The predicted molar refractivity (Wildman–Crippen MR) is 138 cm³/mol. The van der Waals surface area contributed by atoms with E-state index in [2.05, 4.69) is 44.7 Å². The minimum absolute atomic E-state index is 0.0218. The van der Waals surface area contributed by atoms with Crippen LogP contribution >= 0.6 is 0 Å². The van der Waals surface area contributed by atoms with Crippen LogP contribution < -0.4 is 15.4 Å². The fraction of sp³-hybridized carbons (Fsp3) is 0.500. The largest absolute Gasteiger partial charge is 0.495 e. The van der Waals surface area contributed by atoms with E-state index < -0.39 is 0 Å². The average Bonchev–Trinajstić information content (AvgIpc) is 2.90. The second kappa shape index (κ2) is 12.2. The molecule has 2 heterocycles. The van der Waals surface area contributed by atoms with Gasteiger partial charge in [0.25, 0.3) is 0 Å². The summed E-state index contributed by atoms with van der Waals surface area (Å²) in [7, 11) is 1.60. The standard InChI is InChI=1S/C28H38N4O3/c1-21(27(33)29-24-14-16-31(17-15-24)20-22-8-4-3-5-9-22)32-18-12-23(13-19-32)28(34)30-25-10-6-7-11-26(25)35-2/h3-11,21,23-24H,12-20H2,1-2H3,(H,29,33)(H,30,34). The minimum Gasteiger partial charge on any atom is -0.495 e. The smallest absolute Gasteiger partial charge is 0.237 e. The van der Waals surface area contributed by atoms with E-state index >= 15 is 0 Å². The van der Waals surface area contributed by atoms with E-state index in [1.165, 1.54) is 5.56 Å². The van der Waals surface area contributed by atoms with Crippen molar-refractivity contribution < 1.29 is 14.3 Å². The Hall–Kier alpha value is -2.90. The third kappa shape index (κ3) is 6.83. The van der Waals surface area contributed by atoms with Gasteiger partial charge >= 0.3 is 0 Å². The molecule has 2 aliphatic rings. The van der Waals surface area contributed by atoms with Crippen molar-refractivity contribution in [1.82, 2.24) is 15.1 Å². The summed E-state index contributed by atoms with van der Waals surface area (Å²) in [6.45, 7) is 6.44. The second-order valence-electron chi connectivity index (χ2n) is 9.72. The Bertz CT molecular complexity index is 967. The van der Waals surface area contributed by atoms with Crippen LogP contribution in [-0.2, 0) is 16.1 Å². The Morgan fingerprint density at radius 1 is 0.943 bits per heavy atom. The van der Waals surface area contributed by atoms with E-state index in [4.69, 9.17) is 4.74 Å². The van der Waals surface area contributed by atoms with Crippen LogP contribution in [0.4, 0.5) is 5.69 Å². The van der Waals surface area contributed by atoms with E-state index in [0.29, 0.717) is 11.4 Å². The molecule has 2 aromatic carbocycles. The molecule has 1 atom stereocenters. The Kier molecular flexibility index (Phi) is 8.77. The summed E-state index contributed by atoms with van der Waals surface area (Å²) >= 11 is 0. The number of piperidine rings is 2. The first-order valence-corrected chi connectivity index (χ1v) is 12.8. The van der Waals surface area contributed by atoms with Gasteiger partial charge in [-0.05, 0) is 63.4 Å². The monoisotopic (exact) mass is 478 g/mol. The predicted octanol–water partition coefficient (Wildman–Crippen LogP) is 3.52. The maximum absolute atomic E-state index is 13.0. The summed E-state index contributed by atoms with van der Waals surface area (Å²) in [5, 5.41) is 6.28. The summed E-state index contributed by atoms with van der Waals surface area (Å²) in [6.07, 6.45) is 3.46. The number of anilines is 1. The highest BCUT2D eigenvalue weighted by molar-refractivity contribution is 5.94. The molecule has 2 amide bonds. The molecule has 0 radical (unpaired) electrons. The van der Waals surface area contributed by atoms with Crippen LogP contribution in [0, 0.1) is 5.92 Å². The lowest BCUT2D eigenvalue weighted by Crippen LogP contribution is -2.53. The first-order valence-electron chi connectivity index (χ1n) is 12.8. The molecule has 2 aromatic rings. The van der Waals surface area contributed by atoms with Crippen LogP contribution in [0.2, 0.25) is 0 Å². The van der Waals surface area contributed by atoms with Crippen molar-refractivity contribution in [3.63, 3.8) is 0 Å². The lowest BCUT2D eigenvalue weighted by Gasteiger charge is -2.37. The first-order chi connectivity index (χ1) is 17.0. The lowest BCUT2D eigenvalue weighted by atomic mass is 9.94. The van der Waals surface area contributed by atoms with E-state index in [-0.39, 0.29) is 29.8 Å². The first kappa shape index (κ1) is 25.2. The van der Waals surface area contributed by atoms with Gasteiger partial charge in [0, 0.05) is 31.6 Å². The molecule has 7 heteroatoms. The fourth-order valence-electron chi connectivity index (χ4n) is 5.10. The van der Waals surface area contributed by atoms with Crippen molar-refractivity contribution in [2.24, 2.45) is 5.92 Å². The van der Waals surface area contributed by atoms with Gasteiger partial charge in [-0.2, -0.15) is 0 Å². The van der Waals surface area contributed by atoms with Crippen molar-refractivity contribution in [2.75, 3.05) is 38.6 Å². The van der Waals surface area contributed by atoms with Crippen molar-refractivity contribution in [3.8, 4) is 5.75 Å². The lowest BCUT2D eigenvalue weighted by molar-refractivity contribution is -0.128. The molecule has 0 spiro atoms. The number of nitrogens with one attached hydrogen (secondary N) is 2. The topological polar surface area (TPSA) is 73.9 Å². The van der Waals surface area contributed by atoms with E-state index in [0.717, 1.165) is 58.4 Å². The zero-order valence-electron chi connectivity index (χ0n) is 20.9. The van der Waals surface area contributed by atoms with Gasteiger partial charge in [-0.25, -0.2) is 0 Å². The Labute approximate surface area is 208 Å². The summed E-state index contributed by atoms with van der Waals surface area (Å²) in [4.78, 5) is 30.4. The average molecular weight is 479 g/mol. The molecule has 4 rings (SSSR count). The summed E-state index contributed by atoms with van der Waals surface area (Å²) in [5.41, 5.74) is 2.04. The second-order valence-corrected chi connectivity index (χ2v) is 9.72. The zero-order chi connectivity index (χ0) is 24.6. The van der Waals surface area contributed by atoms with Gasteiger partial charge in [0.1, 0.15) is 5.75 Å². The summed E-state index contributed by atoms with van der Waals surface area (Å²) in [6, 6.07) is 18.1. The normalized spacial score (nSPS) is 19.1. The number of hydrogen-bond acceptors (Lipinski definition) is 5. The highest BCUT2D eigenvalue weighted by Gasteiger charge is 2.31. The van der Waals surface area contributed by atoms with Crippen LogP contribution in [-0.4, -0.2) is 67.0 Å². The number of methoxy groups -OCH3 is 1. The molecular formula is C28H38N4O3. The molecular weight excluding hydrogens is 440 g/mol. The molecule has 0 aromatic heterocycles. The molecule has 7 nitrogen and oxygen atoms in total. The quantitative estimate of drug-likeness (QED) is 0.607. The van der Waals surface area contributed by atoms with Gasteiger partial charge in [0.2, 0.25) is 11.8 Å². The van der Waals surface area contributed by atoms with Crippen molar-refractivity contribution in [3.05, 3.63) is 60.2 Å². The third-order valence-electron chi connectivity index (χ3n) is 7.38. The maximum atomic E-state index is 13.0. The fourth-order valence-corrected chi connectivity index (χ4v) is 5.10. The summed E-state index contributed by atoms with van der Waals surface area (Å²) < 4.78 is 5.33. The molecule has 188 valence electrons. The minimum atomic E-state index is -0.185. The maximum Gasteiger partial charge on any atom is 0.237 e. The third-order valence-corrected chi connectivity index (χ3v) is 7.38. The van der Waals surface area contributed by atoms with Crippen LogP contribution in [0.25, 0.3) is 0 Å². The van der Waals surface area contributed by atoms with Gasteiger partial charge < -0.3 is 15.4 Å². The number of amides is 2. The van der Waals surface area contributed by atoms with Crippen molar-refractivity contribution >= 4 is 17.5 Å². The number of hydrogen-bond donors (Lipinski definition) is 2. The molecule has 35 heavy (non-hydrogen) atoms. The van der Waals surface area contributed by atoms with Gasteiger partial charge in [-0.3, -0.25) is 19.4 Å². The number of ether oxygens (including phenoxy) is 1. The van der Waals surface area contributed by atoms with Crippen LogP contribution in [0.1, 0.15) is 38.2 Å². The molecule has 1 unspecified atom stereocenters. The molecule has 2 saturated heterocycles. The van der Waals surface area contributed by atoms with Gasteiger partial charge in [0.15, 0.2) is 0 Å². The zero-order valence-corrected chi connectivity index (χ0v) is 20.9. The molecule has 2 aliphatic heterocycles. The molecule has 2 N–H and O–H groups in total. The van der Waals surface area contributed by atoms with Crippen LogP contribution in [0.5, 0.6) is 5.75 Å². The van der Waals surface area contributed by atoms with Crippen molar-refractivity contribution in [2.45, 2.75) is 51.2 Å². The SMILES string of the molecule is COc1ccccc1NC(=O)C1CCN(C(C)C(=O)NC2CCN(Cc3ccccc3)CC2)CC1. The highest BCUT2D eigenvalue weighted by Crippen LogP contribution is 2.26. The van der Waals surface area contributed by atoms with Gasteiger partial charge in [-0.1, -0.05) is 42.5 Å². The Morgan fingerprint density at radius 2 is 1.60 bits per heavy atom. The van der Waals surface area contributed by atoms with Crippen LogP contribution in [0.15, 0.2) is 54.6 Å². The number of benzene rings is 2.